The molecule has 0 unspecified atom stereocenters. The Hall–Kier alpha value is -0.910. The summed E-state index contributed by atoms with van der Waals surface area (Å²) < 4.78 is 7.10. The topological polar surface area (TPSA) is 34.1 Å². The molecule has 3 nitrogen and oxygen atoms in total. The number of thiazole rings is 1. The second kappa shape index (κ2) is 7.76. The highest BCUT2D eigenvalue weighted by Gasteiger charge is 2.09. The summed E-state index contributed by atoms with van der Waals surface area (Å²) >= 11 is 5.17. The fraction of sp³-hybridized carbons (Fsp3) is 0.400. The van der Waals surface area contributed by atoms with Gasteiger partial charge in [-0.2, -0.15) is 0 Å². The van der Waals surface area contributed by atoms with Crippen molar-refractivity contribution in [3.63, 3.8) is 0 Å². The summed E-state index contributed by atoms with van der Waals surface area (Å²) in [6, 6.07) is 4.21. The molecule has 0 fully saturated rings. The Morgan fingerprint density at radius 2 is 2.25 bits per heavy atom. The lowest BCUT2D eigenvalue weighted by atomic mass is 10.1. The predicted octanol–water partition coefficient (Wildman–Crippen LogP) is 4.29. The van der Waals surface area contributed by atoms with Crippen molar-refractivity contribution in [2.75, 3.05) is 6.54 Å². The smallest absolute Gasteiger partial charge is 0.127 e. The SMILES string of the molecule is CCCNCc1cc(Br)cc(C)c1OCc1cncs1. The number of nitrogens with one attached hydrogen (secondary N) is 1. The predicted molar refractivity (Wildman–Crippen MR) is 87.3 cm³/mol. The molecule has 0 aliphatic rings. The third-order valence-corrected chi connectivity index (χ3v) is 4.11. The molecule has 0 spiro atoms. The van der Waals surface area contributed by atoms with Crippen LogP contribution in [0, 0.1) is 6.92 Å². The average Bonchev–Trinajstić information content (AvgIpc) is 2.91. The molecule has 1 aromatic heterocycles. The zero-order valence-corrected chi connectivity index (χ0v) is 14.2. The van der Waals surface area contributed by atoms with Crippen LogP contribution in [0.4, 0.5) is 0 Å². The van der Waals surface area contributed by atoms with Crippen LogP contribution in [0.25, 0.3) is 0 Å². The van der Waals surface area contributed by atoms with E-state index in [1.165, 1.54) is 5.56 Å². The summed E-state index contributed by atoms with van der Waals surface area (Å²) in [4.78, 5) is 5.21. The van der Waals surface area contributed by atoms with Crippen molar-refractivity contribution in [3.8, 4) is 5.75 Å². The van der Waals surface area contributed by atoms with Crippen molar-refractivity contribution < 1.29 is 4.74 Å². The minimum Gasteiger partial charge on any atom is -0.487 e. The lowest BCUT2D eigenvalue weighted by Gasteiger charge is -2.15. The Morgan fingerprint density at radius 3 is 2.95 bits per heavy atom. The molecular weight excluding hydrogens is 336 g/mol. The van der Waals surface area contributed by atoms with Crippen molar-refractivity contribution >= 4 is 27.3 Å². The lowest BCUT2D eigenvalue weighted by Crippen LogP contribution is -2.15. The fourth-order valence-corrected chi connectivity index (χ4v) is 3.12. The van der Waals surface area contributed by atoms with Gasteiger partial charge in [0.2, 0.25) is 0 Å². The third-order valence-electron chi connectivity index (χ3n) is 2.90. The van der Waals surface area contributed by atoms with Crippen molar-refractivity contribution in [1.82, 2.24) is 10.3 Å². The van der Waals surface area contributed by atoms with Crippen molar-refractivity contribution in [1.29, 1.82) is 0 Å². The second-order valence-electron chi connectivity index (χ2n) is 4.64. The van der Waals surface area contributed by atoms with Crippen molar-refractivity contribution in [3.05, 3.63) is 44.3 Å². The Labute approximate surface area is 132 Å². The number of aryl methyl sites for hydroxylation is 1. The molecule has 0 bridgehead atoms. The zero-order chi connectivity index (χ0) is 14.4. The highest BCUT2D eigenvalue weighted by atomic mass is 79.9. The summed E-state index contributed by atoms with van der Waals surface area (Å²) in [7, 11) is 0. The molecule has 0 atom stereocenters. The first-order chi connectivity index (χ1) is 9.70. The molecule has 108 valence electrons. The monoisotopic (exact) mass is 354 g/mol. The van der Waals surface area contributed by atoms with Crippen LogP contribution in [0.2, 0.25) is 0 Å². The van der Waals surface area contributed by atoms with E-state index in [9.17, 15) is 0 Å². The summed E-state index contributed by atoms with van der Waals surface area (Å²) in [5.41, 5.74) is 4.17. The summed E-state index contributed by atoms with van der Waals surface area (Å²) in [6.07, 6.45) is 2.98. The van der Waals surface area contributed by atoms with Gasteiger partial charge in [-0.05, 0) is 37.6 Å². The first kappa shape index (κ1) is 15.5. The van der Waals surface area contributed by atoms with E-state index in [0.29, 0.717) is 6.61 Å². The third kappa shape index (κ3) is 4.30. The normalized spacial score (nSPS) is 10.8. The van der Waals surface area contributed by atoms with E-state index in [-0.39, 0.29) is 0 Å². The van der Waals surface area contributed by atoms with Gasteiger partial charge in [-0.1, -0.05) is 22.9 Å². The van der Waals surface area contributed by atoms with E-state index in [0.717, 1.165) is 40.2 Å². The largest absolute Gasteiger partial charge is 0.487 e. The fourth-order valence-electron chi connectivity index (χ4n) is 1.99. The van der Waals surface area contributed by atoms with E-state index in [4.69, 9.17) is 4.74 Å². The molecule has 1 heterocycles. The zero-order valence-electron chi connectivity index (χ0n) is 11.8. The quantitative estimate of drug-likeness (QED) is 0.753. The first-order valence-corrected chi connectivity index (χ1v) is 8.38. The van der Waals surface area contributed by atoms with Gasteiger partial charge in [-0.3, -0.25) is 4.98 Å². The molecule has 0 saturated carbocycles. The molecular formula is C15H19BrN2OS. The minimum atomic E-state index is 0.577. The first-order valence-electron chi connectivity index (χ1n) is 6.70. The molecule has 0 aliphatic carbocycles. The van der Waals surface area contributed by atoms with E-state index in [1.807, 2.05) is 11.7 Å². The number of aromatic nitrogens is 1. The van der Waals surface area contributed by atoms with Crippen LogP contribution >= 0.6 is 27.3 Å². The maximum Gasteiger partial charge on any atom is 0.127 e. The van der Waals surface area contributed by atoms with Gasteiger partial charge < -0.3 is 10.1 Å². The van der Waals surface area contributed by atoms with Gasteiger partial charge in [0, 0.05) is 22.8 Å². The van der Waals surface area contributed by atoms with Crippen molar-refractivity contribution in [2.45, 2.75) is 33.4 Å². The van der Waals surface area contributed by atoms with Crippen LogP contribution in [-0.2, 0) is 13.2 Å². The molecule has 2 aromatic rings. The molecule has 0 amide bonds. The molecule has 0 saturated heterocycles. The lowest BCUT2D eigenvalue weighted by molar-refractivity contribution is 0.303. The number of rotatable bonds is 7. The van der Waals surface area contributed by atoms with Crippen LogP contribution in [0.15, 0.2) is 28.3 Å². The summed E-state index contributed by atoms with van der Waals surface area (Å²) in [5.74, 6) is 0.977. The van der Waals surface area contributed by atoms with Gasteiger partial charge in [-0.15, -0.1) is 11.3 Å². The van der Waals surface area contributed by atoms with E-state index >= 15 is 0 Å². The molecule has 1 aromatic carbocycles. The standard InChI is InChI=1S/C15H19BrN2OS/c1-3-4-17-7-12-6-13(16)5-11(2)15(12)19-9-14-8-18-10-20-14/h5-6,8,10,17H,3-4,7,9H2,1-2H3. The number of hydrogen-bond acceptors (Lipinski definition) is 4. The molecule has 1 N–H and O–H groups in total. The van der Waals surface area contributed by atoms with Gasteiger partial charge in [0.05, 0.1) is 10.4 Å². The summed E-state index contributed by atoms with van der Waals surface area (Å²) in [5, 5.41) is 3.43. The number of ether oxygens (including phenoxy) is 1. The Balaban J connectivity index is 2.11. The number of halogens is 1. The molecule has 2 rings (SSSR count). The van der Waals surface area contributed by atoms with Gasteiger partial charge in [0.25, 0.3) is 0 Å². The van der Waals surface area contributed by atoms with Crippen molar-refractivity contribution in [2.24, 2.45) is 0 Å². The Bertz CT molecular complexity index is 543. The van der Waals surface area contributed by atoms with Gasteiger partial charge in [0.15, 0.2) is 0 Å². The average molecular weight is 355 g/mol. The maximum atomic E-state index is 6.01. The highest BCUT2D eigenvalue weighted by molar-refractivity contribution is 9.10. The maximum absolute atomic E-state index is 6.01. The summed E-state index contributed by atoms with van der Waals surface area (Å²) in [6.45, 7) is 6.66. The van der Waals surface area contributed by atoms with Crippen LogP contribution in [0.1, 0.15) is 29.3 Å². The molecule has 0 aliphatic heterocycles. The molecule has 5 heteroatoms. The van der Waals surface area contributed by atoms with E-state index in [2.05, 4.69) is 52.2 Å². The molecule has 20 heavy (non-hydrogen) atoms. The second-order valence-corrected chi connectivity index (χ2v) is 6.53. The number of nitrogens with zero attached hydrogens (tertiary/aromatic N) is 1. The van der Waals surface area contributed by atoms with E-state index < -0.39 is 0 Å². The van der Waals surface area contributed by atoms with Crippen LogP contribution in [0.3, 0.4) is 0 Å². The van der Waals surface area contributed by atoms with E-state index in [1.54, 1.807) is 11.3 Å². The van der Waals surface area contributed by atoms with Gasteiger partial charge >= 0.3 is 0 Å². The number of benzene rings is 1. The number of hydrogen-bond donors (Lipinski definition) is 1. The van der Waals surface area contributed by atoms with Gasteiger partial charge in [0.1, 0.15) is 12.4 Å². The Morgan fingerprint density at radius 1 is 1.40 bits per heavy atom. The highest BCUT2D eigenvalue weighted by Crippen LogP contribution is 2.29. The van der Waals surface area contributed by atoms with Gasteiger partial charge in [-0.25, -0.2) is 0 Å². The minimum absolute atomic E-state index is 0.577. The van der Waals surface area contributed by atoms with Crippen LogP contribution in [0.5, 0.6) is 5.75 Å². The van der Waals surface area contributed by atoms with Crippen LogP contribution < -0.4 is 10.1 Å². The van der Waals surface area contributed by atoms with Crippen LogP contribution in [-0.4, -0.2) is 11.5 Å². The Kier molecular flexibility index (Phi) is 6.01. The molecule has 0 radical (unpaired) electrons.